The number of hydrogen-bond donors (Lipinski definition) is 0. The average Bonchev–Trinajstić information content (AvgIpc) is 2.70. The fraction of sp³-hybridized carbons (Fsp3) is 0.680. The van der Waals surface area contributed by atoms with Crippen LogP contribution in [0.5, 0.6) is 0 Å². The first-order chi connectivity index (χ1) is 12.8. The fourth-order valence-electron chi connectivity index (χ4n) is 5.45. The van der Waals surface area contributed by atoms with Crippen molar-refractivity contribution in [3.8, 4) is 11.3 Å². The van der Waals surface area contributed by atoms with Crippen molar-refractivity contribution in [3.63, 3.8) is 0 Å². The minimum atomic E-state index is 0.759. The second-order valence-electron chi connectivity index (χ2n) is 8.73. The third kappa shape index (κ3) is 5.53. The van der Waals surface area contributed by atoms with Crippen LogP contribution in [0.25, 0.3) is 0 Å². The van der Waals surface area contributed by atoms with E-state index in [-0.39, 0.29) is 0 Å². The van der Waals surface area contributed by atoms with Gasteiger partial charge in [-0.05, 0) is 97.4 Å². The van der Waals surface area contributed by atoms with Crippen molar-refractivity contribution in [2.75, 3.05) is 0 Å². The van der Waals surface area contributed by atoms with Crippen molar-refractivity contribution >= 4 is 11.6 Å². The number of benzene rings is 1. The Bertz CT molecular complexity index is 575. The Hall–Kier alpha value is -0.930. The van der Waals surface area contributed by atoms with Crippen LogP contribution in [-0.2, 0) is 0 Å². The first kappa shape index (κ1) is 19.8. The van der Waals surface area contributed by atoms with E-state index in [4.69, 9.17) is 11.6 Å². The van der Waals surface area contributed by atoms with E-state index in [1.165, 1.54) is 82.6 Å². The van der Waals surface area contributed by atoms with E-state index in [0.717, 1.165) is 29.2 Å². The minimum absolute atomic E-state index is 0.759. The molecule has 0 aliphatic heterocycles. The molecule has 0 bridgehead atoms. The van der Waals surface area contributed by atoms with E-state index in [0.29, 0.717) is 0 Å². The van der Waals surface area contributed by atoms with Crippen LogP contribution in [0.3, 0.4) is 0 Å². The van der Waals surface area contributed by atoms with Crippen LogP contribution in [0, 0.1) is 29.1 Å². The molecular formula is C25H35Cl. The van der Waals surface area contributed by atoms with E-state index in [1.54, 1.807) is 0 Å². The minimum Gasteiger partial charge on any atom is -0.0654 e. The predicted molar refractivity (Wildman–Crippen MR) is 113 cm³/mol. The van der Waals surface area contributed by atoms with Gasteiger partial charge in [-0.25, -0.2) is 0 Å². The van der Waals surface area contributed by atoms with Gasteiger partial charge in [0.2, 0.25) is 0 Å². The highest BCUT2D eigenvalue weighted by atomic mass is 35.5. The summed E-state index contributed by atoms with van der Waals surface area (Å²) in [5.74, 6) is 6.76. The molecule has 0 aromatic heterocycles. The Kier molecular flexibility index (Phi) is 7.94. The van der Waals surface area contributed by atoms with Crippen molar-refractivity contribution < 1.29 is 0 Å². The van der Waals surface area contributed by atoms with Gasteiger partial charge in [0, 0.05) is 10.9 Å². The summed E-state index contributed by atoms with van der Waals surface area (Å²) in [5, 5.41) is 2.46. The highest BCUT2D eigenvalue weighted by Gasteiger charge is 2.31. The molecule has 0 N–H and O–H groups in total. The molecule has 0 radical (unpaired) electrons. The summed E-state index contributed by atoms with van der Waals surface area (Å²) in [6, 6.07) is 8.78. The molecule has 0 unspecified atom stereocenters. The molecule has 0 saturated heterocycles. The molecule has 0 heterocycles. The molecule has 26 heavy (non-hydrogen) atoms. The SMILES string of the molecule is CCCCC[C@H]1CC[C@H](C2CCC(c3ccc(C#CCl)cc3)CC2)CC1. The molecule has 1 aromatic rings. The average molecular weight is 371 g/mol. The summed E-state index contributed by atoms with van der Waals surface area (Å²) in [6.07, 6.45) is 17.4. The summed E-state index contributed by atoms with van der Waals surface area (Å²) in [5.41, 5.74) is 2.52. The van der Waals surface area contributed by atoms with E-state index in [9.17, 15) is 0 Å². The highest BCUT2D eigenvalue weighted by Crippen LogP contribution is 2.44. The summed E-state index contributed by atoms with van der Waals surface area (Å²) in [6.45, 7) is 2.32. The van der Waals surface area contributed by atoms with E-state index in [1.807, 2.05) is 0 Å². The zero-order valence-corrected chi connectivity index (χ0v) is 17.2. The van der Waals surface area contributed by atoms with Gasteiger partial charge in [-0.3, -0.25) is 0 Å². The van der Waals surface area contributed by atoms with Crippen LogP contribution in [-0.4, -0.2) is 0 Å². The summed E-state index contributed by atoms with van der Waals surface area (Å²) < 4.78 is 0. The summed E-state index contributed by atoms with van der Waals surface area (Å²) in [7, 11) is 0. The Morgan fingerprint density at radius 2 is 1.46 bits per heavy atom. The Morgan fingerprint density at radius 1 is 0.846 bits per heavy atom. The standard InChI is InChI=1S/C25H35Cl/c1-2-3-4-5-20-6-10-22(11-7-20)24-14-16-25(17-15-24)23-12-8-21(9-13-23)18-19-26/h8-9,12-13,20,22,24-25H,2-7,10-11,14-17H2,1H3/t20-,22-,24?,25?. The highest BCUT2D eigenvalue weighted by molar-refractivity contribution is 6.30. The maximum absolute atomic E-state index is 5.49. The third-order valence-electron chi connectivity index (χ3n) is 7.12. The van der Waals surface area contributed by atoms with Crippen molar-refractivity contribution in [2.45, 2.75) is 89.9 Å². The van der Waals surface area contributed by atoms with E-state index >= 15 is 0 Å². The van der Waals surface area contributed by atoms with Gasteiger partial charge in [-0.15, -0.1) is 0 Å². The molecule has 0 atom stereocenters. The normalized spacial score (nSPS) is 29.0. The monoisotopic (exact) mass is 370 g/mol. The number of hydrogen-bond acceptors (Lipinski definition) is 0. The van der Waals surface area contributed by atoms with Gasteiger partial charge in [-0.2, -0.15) is 0 Å². The third-order valence-corrected chi connectivity index (χ3v) is 7.21. The summed E-state index contributed by atoms with van der Waals surface area (Å²) in [4.78, 5) is 0. The molecule has 3 rings (SSSR count). The van der Waals surface area contributed by atoms with Gasteiger partial charge in [-0.1, -0.05) is 57.6 Å². The van der Waals surface area contributed by atoms with Crippen molar-refractivity contribution in [1.29, 1.82) is 0 Å². The Labute approximate surface area is 166 Å². The molecule has 0 spiro atoms. The second kappa shape index (κ2) is 10.4. The molecule has 1 aromatic carbocycles. The van der Waals surface area contributed by atoms with Crippen LogP contribution in [0.15, 0.2) is 24.3 Å². The Balaban J connectivity index is 1.42. The second-order valence-corrected chi connectivity index (χ2v) is 8.92. The number of unbranched alkanes of at least 4 members (excludes halogenated alkanes) is 2. The molecule has 2 aliphatic carbocycles. The molecule has 2 aliphatic rings. The van der Waals surface area contributed by atoms with Crippen LogP contribution in [0.2, 0.25) is 0 Å². The van der Waals surface area contributed by atoms with Crippen LogP contribution >= 0.6 is 11.6 Å². The predicted octanol–water partition coefficient (Wildman–Crippen LogP) is 7.89. The molecular weight excluding hydrogens is 336 g/mol. The lowest BCUT2D eigenvalue weighted by Gasteiger charge is -2.38. The zero-order chi connectivity index (χ0) is 18.2. The fourth-order valence-corrected chi connectivity index (χ4v) is 5.56. The molecule has 0 amide bonds. The molecule has 1 heteroatoms. The maximum Gasteiger partial charge on any atom is 0.0258 e. The lowest BCUT2D eigenvalue weighted by molar-refractivity contribution is 0.155. The lowest BCUT2D eigenvalue weighted by Crippen LogP contribution is -2.25. The van der Waals surface area contributed by atoms with Crippen LogP contribution in [0.1, 0.15) is 101 Å². The van der Waals surface area contributed by atoms with E-state index < -0.39 is 0 Å². The molecule has 0 nitrogen and oxygen atoms in total. The molecule has 2 saturated carbocycles. The van der Waals surface area contributed by atoms with Gasteiger partial charge in [0.25, 0.3) is 0 Å². The van der Waals surface area contributed by atoms with Crippen molar-refractivity contribution in [3.05, 3.63) is 35.4 Å². The first-order valence-corrected chi connectivity index (χ1v) is 11.4. The zero-order valence-electron chi connectivity index (χ0n) is 16.5. The van der Waals surface area contributed by atoms with Gasteiger partial charge >= 0.3 is 0 Å². The van der Waals surface area contributed by atoms with Crippen LogP contribution < -0.4 is 0 Å². The number of halogens is 1. The Morgan fingerprint density at radius 3 is 2.04 bits per heavy atom. The van der Waals surface area contributed by atoms with Gasteiger partial charge in [0.1, 0.15) is 0 Å². The van der Waals surface area contributed by atoms with Crippen LogP contribution in [0.4, 0.5) is 0 Å². The lowest BCUT2D eigenvalue weighted by atomic mass is 9.68. The smallest absolute Gasteiger partial charge is 0.0258 e. The number of rotatable bonds is 6. The largest absolute Gasteiger partial charge is 0.0654 e. The molecule has 2 fully saturated rings. The summed E-state index contributed by atoms with van der Waals surface area (Å²) >= 11 is 5.49. The first-order valence-electron chi connectivity index (χ1n) is 11.0. The van der Waals surface area contributed by atoms with Gasteiger partial charge < -0.3 is 0 Å². The van der Waals surface area contributed by atoms with Crippen molar-refractivity contribution in [2.24, 2.45) is 17.8 Å². The maximum atomic E-state index is 5.49. The quantitative estimate of drug-likeness (QED) is 0.352. The molecule has 142 valence electrons. The van der Waals surface area contributed by atoms with Gasteiger partial charge in [0.05, 0.1) is 0 Å². The van der Waals surface area contributed by atoms with Gasteiger partial charge in [0.15, 0.2) is 0 Å². The topological polar surface area (TPSA) is 0 Å². The van der Waals surface area contributed by atoms with E-state index in [2.05, 4.69) is 42.5 Å². The van der Waals surface area contributed by atoms with Crippen molar-refractivity contribution in [1.82, 2.24) is 0 Å².